The van der Waals surface area contributed by atoms with Crippen LogP contribution in [-0.2, 0) is 26.2 Å². The van der Waals surface area contributed by atoms with E-state index in [1.165, 1.54) is 17.0 Å². The molecule has 0 heterocycles. The SMILES string of the molecule is CCOc1ccccc1N(CC(=O)N(Cc1ccc(Cl)cc1Cl)[C@H](CC)C(=O)NC(C)(C)C)S(=O)(=O)c1ccc(C)cc1. The molecule has 0 aliphatic carbocycles. The highest BCUT2D eigenvalue weighted by molar-refractivity contribution is 7.92. The fraction of sp³-hybridized carbons (Fsp3) is 0.375. The van der Waals surface area contributed by atoms with Crippen molar-refractivity contribution in [2.24, 2.45) is 0 Å². The predicted molar refractivity (Wildman–Crippen MR) is 172 cm³/mol. The Bertz CT molecular complexity index is 1540. The largest absolute Gasteiger partial charge is 0.492 e. The third-order valence-electron chi connectivity index (χ3n) is 6.56. The average Bonchev–Trinajstić information content (AvgIpc) is 2.92. The summed E-state index contributed by atoms with van der Waals surface area (Å²) >= 11 is 12.6. The number of hydrogen-bond acceptors (Lipinski definition) is 5. The van der Waals surface area contributed by atoms with Crippen molar-refractivity contribution < 1.29 is 22.7 Å². The Morgan fingerprint density at radius 1 is 0.977 bits per heavy atom. The lowest BCUT2D eigenvalue weighted by Crippen LogP contribution is -2.55. The molecule has 3 aromatic carbocycles. The molecule has 0 radical (unpaired) electrons. The number of para-hydroxylation sites is 2. The minimum atomic E-state index is -4.25. The smallest absolute Gasteiger partial charge is 0.264 e. The molecule has 43 heavy (non-hydrogen) atoms. The van der Waals surface area contributed by atoms with E-state index in [0.717, 1.165) is 9.87 Å². The maximum Gasteiger partial charge on any atom is 0.264 e. The first kappa shape index (κ1) is 34.2. The van der Waals surface area contributed by atoms with Crippen LogP contribution in [0.25, 0.3) is 0 Å². The van der Waals surface area contributed by atoms with Gasteiger partial charge in [0.15, 0.2) is 0 Å². The first-order valence-electron chi connectivity index (χ1n) is 14.0. The standard InChI is InChI=1S/C32H39Cl2N3O5S/c1-7-27(31(39)35-32(4,5)6)36(20-23-15-16-24(33)19-26(23)34)30(38)21-37(28-11-9-10-12-29(28)42-8-2)43(40,41)25-17-13-22(3)14-18-25/h9-19,27H,7-8,20-21H2,1-6H3,(H,35,39)/t27-/m1/s1. The van der Waals surface area contributed by atoms with E-state index in [9.17, 15) is 18.0 Å². The summed E-state index contributed by atoms with van der Waals surface area (Å²) in [7, 11) is -4.25. The van der Waals surface area contributed by atoms with Crippen LogP contribution in [0.4, 0.5) is 5.69 Å². The zero-order valence-corrected chi connectivity index (χ0v) is 27.7. The molecular weight excluding hydrogens is 609 g/mol. The quantitative estimate of drug-likeness (QED) is 0.238. The van der Waals surface area contributed by atoms with Crippen molar-refractivity contribution >= 4 is 50.7 Å². The predicted octanol–water partition coefficient (Wildman–Crippen LogP) is 6.62. The fourth-order valence-corrected chi connectivity index (χ4v) is 6.39. The van der Waals surface area contributed by atoms with Crippen LogP contribution in [0.2, 0.25) is 10.0 Å². The van der Waals surface area contributed by atoms with Crippen molar-refractivity contribution in [2.75, 3.05) is 17.5 Å². The number of anilines is 1. The highest BCUT2D eigenvalue weighted by atomic mass is 35.5. The number of benzene rings is 3. The first-order chi connectivity index (χ1) is 20.2. The first-order valence-corrected chi connectivity index (χ1v) is 16.2. The Kier molecular flexibility index (Phi) is 11.5. The third kappa shape index (κ3) is 8.87. The molecule has 0 aliphatic rings. The molecule has 3 rings (SSSR count). The van der Waals surface area contributed by atoms with Gasteiger partial charge in [-0.05, 0) is 83.0 Å². The van der Waals surface area contributed by atoms with E-state index in [2.05, 4.69) is 5.32 Å². The van der Waals surface area contributed by atoms with Crippen molar-refractivity contribution in [1.82, 2.24) is 10.2 Å². The number of aryl methyl sites for hydroxylation is 1. The van der Waals surface area contributed by atoms with Gasteiger partial charge in [0.2, 0.25) is 11.8 Å². The number of sulfonamides is 1. The topological polar surface area (TPSA) is 96.0 Å². The van der Waals surface area contributed by atoms with Crippen molar-refractivity contribution in [3.05, 3.63) is 87.9 Å². The lowest BCUT2D eigenvalue weighted by molar-refractivity contribution is -0.141. The van der Waals surface area contributed by atoms with Crippen LogP contribution in [-0.4, -0.2) is 49.9 Å². The number of carbonyl (C=O) groups excluding carboxylic acids is 2. The number of nitrogens with one attached hydrogen (secondary N) is 1. The zero-order valence-electron chi connectivity index (χ0n) is 25.4. The average molecular weight is 649 g/mol. The Hall–Kier alpha value is -3.27. The number of halogens is 2. The molecule has 232 valence electrons. The van der Waals surface area contributed by atoms with Crippen molar-refractivity contribution in [3.63, 3.8) is 0 Å². The van der Waals surface area contributed by atoms with Gasteiger partial charge in [-0.15, -0.1) is 0 Å². The molecule has 3 aromatic rings. The highest BCUT2D eigenvalue weighted by Crippen LogP contribution is 2.33. The van der Waals surface area contributed by atoms with Gasteiger partial charge >= 0.3 is 0 Å². The molecule has 0 bridgehead atoms. The molecule has 0 aliphatic heterocycles. The van der Waals surface area contributed by atoms with Gasteiger partial charge in [-0.2, -0.15) is 0 Å². The summed E-state index contributed by atoms with van der Waals surface area (Å²) in [6, 6.07) is 17.0. The molecule has 2 amide bonds. The van der Waals surface area contributed by atoms with Crippen LogP contribution in [0.3, 0.4) is 0 Å². The summed E-state index contributed by atoms with van der Waals surface area (Å²) < 4.78 is 35.1. The lowest BCUT2D eigenvalue weighted by Gasteiger charge is -2.35. The lowest BCUT2D eigenvalue weighted by atomic mass is 10.1. The molecular formula is C32H39Cl2N3O5S. The number of carbonyl (C=O) groups is 2. The summed E-state index contributed by atoms with van der Waals surface area (Å²) in [5.41, 5.74) is 1.09. The second kappa shape index (κ2) is 14.5. The van der Waals surface area contributed by atoms with E-state index in [1.54, 1.807) is 68.4 Å². The van der Waals surface area contributed by atoms with E-state index in [0.29, 0.717) is 21.4 Å². The molecule has 0 unspecified atom stereocenters. The van der Waals surface area contributed by atoms with Crippen molar-refractivity contribution in [2.45, 2.75) is 71.0 Å². The van der Waals surface area contributed by atoms with Gasteiger partial charge in [0.1, 0.15) is 18.3 Å². The molecule has 1 N–H and O–H groups in total. The number of nitrogens with zero attached hydrogens (tertiary/aromatic N) is 2. The molecule has 8 nitrogen and oxygen atoms in total. The van der Waals surface area contributed by atoms with Crippen molar-refractivity contribution in [3.8, 4) is 5.75 Å². The number of hydrogen-bond donors (Lipinski definition) is 1. The van der Waals surface area contributed by atoms with Gasteiger partial charge in [-0.25, -0.2) is 8.42 Å². The van der Waals surface area contributed by atoms with Crippen LogP contribution in [0.15, 0.2) is 71.6 Å². The van der Waals surface area contributed by atoms with E-state index in [1.807, 2.05) is 27.7 Å². The summed E-state index contributed by atoms with van der Waals surface area (Å²) in [5.74, 6) is -0.654. The van der Waals surface area contributed by atoms with E-state index in [-0.39, 0.29) is 36.1 Å². The molecule has 1 atom stereocenters. The Balaban J connectivity index is 2.15. The van der Waals surface area contributed by atoms with E-state index < -0.39 is 34.1 Å². The number of amides is 2. The molecule has 0 saturated heterocycles. The second-order valence-corrected chi connectivity index (χ2v) is 13.9. The third-order valence-corrected chi connectivity index (χ3v) is 8.92. The van der Waals surface area contributed by atoms with Gasteiger partial charge in [-0.1, -0.05) is 66.0 Å². The summed E-state index contributed by atoms with van der Waals surface area (Å²) in [4.78, 5) is 29.2. The summed E-state index contributed by atoms with van der Waals surface area (Å²) in [6.45, 7) is 10.6. The van der Waals surface area contributed by atoms with Crippen LogP contribution in [0.1, 0.15) is 52.2 Å². The normalized spacial score (nSPS) is 12.4. The monoisotopic (exact) mass is 647 g/mol. The fourth-order valence-electron chi connectivity index (χ4n) is 4.50. The minimum absolute atomic E-state index is 0.0158. The molecule has 0 saturated carbocycles. The minimum Gasteiger partial charge on any atom is -0.492 e. The van der Waals surface area contributed by atoms with Gasteiger partial charge < -0.3 is 15.0 Å². The zero-order chi connectivity index (χ0) is 31.9. The van der Waals surface area contributed by atoms with Crippen LogP contribution in [0, 0.1) is 6.92 Å². The van der Waals surface area contributed by atoms with Crippen molar-refractivity contribution in [1.29, 1.82) is 0 Å². The summed E-state index contributed by atoms with van der Waals surface area (Å²) in [6.07, 6.45) is 0.277. The Labute approximate surface area is 265 Å². The van der Waals surface area contributed by atoms with Gasteiger partial charge in [0.25, 0.3) is 10.0 Å². The van der Waals surface area contributed by atoms with E-state index in [4.69, 9.17) is 27.9 Å². The molecule has 0 fully saturated rings. The van der Waals surface area contributed by atoms with Gasteiger partial charge in [0.05, 0.1) is 17.2 Å². The maximum atomic E-state index is 14.3. The van der Waals surface area contributed by atoms with Gasteiger partial charge in [-0.3, -0.25) is 13.9 Å². The molecule has 11 heteroatoms. The van der Waals surface area contributed by atoms with Gasteiger partial charge in [0, 0.05) is 22.1 Å². The molecule has 0 spiro atoms. The highest BCUT2D eigenvalue weighted by Gasteiger charge is 2.35. The van der Waals surface area contributed by atoms with Crippen LogP contribution >= 0.6 is 23.2 Å². The number of ether oxygens (including phenoxy) is 1. The maximum absolute atomic E-state index is 14.3. The second-order valence-electron chi connectivity index (χ2n) is 11.1. The Morgan fingerprint density at radius 2 is 1.63 bits per heavy atom. The number of rotatable bonds is 12. The summed E-state index contributed by atoms with van der Waals surface area (Å²) in [5, 5.41) is 3.69. The Morgan fingerprint density at radius 3 is 2.21 bits per heavy atom. The van der Waals surface area contributed by atoms with Crippen LogP contribution < -0.4 is 14.4 Å². The van der Waals surface area contributed by atoms with E-state index >= 15 is 0 Å². The van der Waals surface area contributed by atoms with Crippen LogP contribution in [0.5, 0.6) is 5.75 Å². The molecule has 0 aromatic heterocycles.